The van der Waals surface area contributed by atoms with Gasteiger partial charge < -0.3 is 4.74 Å². The molecule has 1 rings (SSSR count). The van der Waals surface area contributed by atoms with E-state index in [1.807, 2.05) is 6.92 Å². The Hall–Kier alpha value is -0.480. The van der Waals surface area contributed by atoms with Gasteiger partial charge in [0.1, 0.15) is 17.1 Å². The molecule has 3 nitrogen and oxygen atoms in total. The Bertz CT molecular complexity index is 152. The highest BCUT2D eigenvalue weighted by atomic mass is 32.1. The molecule has 0 spiro atoms. The minimum absolute atomic E-state index is 0.598. The Kier molecular flexibility index (Phi) is 2.60. The molecule has 0 aliphatic rings. The molecule has 0 amide bonds. The van der Waals surface area contributed by atoms with Crippen molar-refractivity contribution < 1.29 is 4.74 Å². The fourth-order valence-corrected chi connectivity index (χ4v) is 0.910. The van der Waals surface area contributed by atoms with Crippen LogP contribution >= 0.6 is 11.3 Å². The standard InChI is InChI=1S/C5H8N2OS/c1-2-8-3-5-7-6-4-9-5/h4H,2-3H2,1H3. The minimum atomic E-state index is 0.598. The number of aromatic nitrogens is 2. The van der Waals surface area contributed by atoms with E-state index in [1.165, 1.54) is 11.3 Å². The van der Waals surface area contributed by atoms with Crippen molar-refractivity contribution in [2.45, 2.75) is 13.5 Å². The van der Waals surface area contributed by atoms with Crippen molar-refractivity contribution in [3.8, 4) is 0 Å². The molecule has 0 bridgehead atoms. The van der Waals surface area contributed by atoms with Crippen LogP contribution in [0, 0.1) is 0 Å². The molecule has 0 atom stereocenters. The first-order chi connectivity index (χ1) is 4.43. The monoisotopic (exact) mass is 144 g/mol. The minimum Gasteiger partial charge on any atom is -0.374 e. The van der Waals surface area contributed by atoms with E-state index >= 15 is 0 Å². The van der Waals surface area contributed by atoms with Gasteiger partial charge >= 0.3 is 0 Å². The van der Waals surface area contributed by atoms with Gasteiger partial charge in [-0.3, -0.25) is 0 Å². The lowest BCUT2D eigenvalue weighted by atomic mass is 10.7. The predicted octanol–water partition coefficient (Wildman–Crippen LogP) is 1.07. The smallest absolute Gasteiger partial charge is 0.143 e. The summed E-state index contributed by atoms with van der Waals surface area (Å²) in [6, 6.07) is 0. The second kappa shape index (κ2) is 3.53. The van der Waals surface area contributed by atoms with Gasteiger partial charge in [0, 0.05) is 6.61 Å². The van der Waals surface area contributed by atoms with Gasteiger partial charge in [-0.2, -0.15) is 0 Å². The zero-order valence-corrected chi connectivity index (χ0v) is 6.02. The summed E-state index contributed by atoms with van der Waals surface area (Å²) < 4.78 is 5.09. The van der Waals surface area contributed by atoms with Gasteiger partial charge in [0.25, 0.3) is 0 Å². The van der Waals surface area contributed by atoms with Crippen LogP contribution in [0.25, 0.3) is 0 Å². The van der Waals surface area contributed by atoms with Crippen LogP contribution in [0.3, 0.4) is 0 Å². The summed E-state index contributed by atoms with van der Waals surface area (Å²) in [5, 5.41) is 8.40. The molecule has 0 saturated carbocycles. The van der Waals surface area contributed by atoms with Crippen LogP contribution < -0.4 is 0 Å². The number of ether oxygens (including phenoxy) is 1. The van der Waals surface area contributed by atoms with Gasteiger partial charge in [-0.1, -0.05) is 0 Å². The molecule has 0 unspecified atom stereocenters. The second-order valence-electron chi connectivity index (χ2n) is 1.47. The largest absolute Gasteiger partial charge is 0.374 e. The van der Waals surface area contributed by atoms with Crippen molar-refractivity contribution in [1.29, 1.82) is 0 Å². The van der Waals surface area contributed by atoms with Crippen LogP contribution in [0.1, 0.15) is 11.9 Å². The second-order valence-corrected chi connectivity index (χ2v) is 2.39. The molecular formula is C5H8N2OS. The maximum Gasteiger partial charge on any atom is 0.143 e. The van der Waals surface area contributed by atoms with Gasteiger partial charge in [0.15, 0.2) is 0 Å². The van der Waals surface area contributed by atoms with Crippen molar-refractivity contribution in [1.82, 2.24) is 10.2 Å². The number of rotatable bonds is 3. The zero-order chi connectivity index (χ0) is 6.53. The fourth-order valence-electron chi connectivity index (χ4n) is 0.448. The van der Waals surface area contributed by atoms with Gasteiger partial charge in [0.05, 0.1) is 0 Å². The topological polar surface area (TPSA) is 35.0 Å². The third kappa shape index (κ3) is 2.07. The average molecular weight is 144 g/mol. The lowest BCUT2D eigenvalue weighted by molar-refractivity contribution is 0.133. The van der Waals surface area contributed by atoms with Crippen LogP contribution in [0.15, 0.2) is 5.51 Å². The van der Waals surface area contributed by atoms with E-state index in [0.29, 0.717) is 6.61 Å². The van der Waals surface area contributed by atoms with Crippen LogP contribution in [0.4, 0.5) is 0 Å². The summed E-state index contributed by atoms with van der Waals surface area (Å²) in [4.78, 5) is 0. The lowest BCUT2D eigenvalue weighted by Crippen LogP contribution is -1.90. The summed E-state index contributed by atoms with van der Waals surface area (Å²) in [6.07, 6.45) is 0. The summed E-state index contributed by atoms with van der Waals surface area (Å²) in [7, 11) is 0. The van der Waals surface area contributed by atoms with Gasteiger partial charge in [0.2, 0.25) is 0 Å². The molecule has 0 aromatic carbocycles. The number of nitrogens with zero attached hydrogens (tertiary/aromatic N) is 2. The molecule has 1 heterocycles. The van der Waals surface area contributed by atoms with Crippen LogP contribution in [-0.4, -0.2) is 16.8 Å². The summed E-state index contributed by atoms with van der Waals surface area (Å²) in [6.45, 7) is 3.29. The van der Waals surface area contributed by atoms with Crippen molar-refractivity contribution in [2.75, 3.05) is 6.61 Å². The summed E-state index contributed by atoms with van der Waals surface area (Å²) in [5.74, 6) is 0. The van der Waals surface area contributed by atoms with Crippen molar-refractivity contribution in [3.05, 3.63) is 10.5 Å². The number of hydrogen-bond donors (Lipinski definition) is 0. The van der Waals surface area contributed by atoms with Crippen LogP contribution in [-0.2, 0) is 11.3 Å². The molecule has 0 aliphatic heterocycles. The molecule has 0 aliphatic carbocycles. The van der Waals surface area contributed by atoms with E-state index in [9.17, 15) is 0 Å². The molecule has 0 N–H and O–H groups in total. The lowest BCUT2D eigenvalue weighted by Gasteiger charge is -1.92. The Morgan fingerprint density at radius 3 is 3.22 bits per heavy atom. The summed E-state index contributed by atoms with van der Waals surface area (Å²) in [5.41, 5.74) is 1.70. The highest BCUT2D eigenvalue weighted by Gasteiger charge is 1.92. The molecule has 0 fully saturated rings. The third-order valence-corrected chi connectivity index (χ3v) is 1.51. The molecule has 1 aromatic heterocycles. The van der Waals surface area contributed by atoms with E-state index in [1.54, 1.807) is 5.51 Å². The maximum absolute atomic E-state index is 5.09. The SMILES string of the molecule is CCOCc1nncs1. The van der Waals surface area contributed by atoms with E-state index in [2.05, 4.69) is 10.2 Å². The molecule has 4 heteroatoms. The molecular weight excluding hydrogens is 136 g/mol. The van der Waals surface area contributed by atoms with Gasteiger partial charge in [-0.25, -0.2) is 0 Å². The predicted molar refractivity (Wildman–Crippen MR) is 35.2 cm³/mol. The van der Waals surface area contributed by atoms with E-state index < -0.39 is 0 Å². The van der Waals surface area contributed by atoms with Crippen LogP contribution in [0.2, 0.25) is 0 Å². The molecule has 50 valence electrons. The first-order valence-electron chi connectivity index (χ1n) is 2.76. The Morgan fingerprint density at radius 1 is 1.78 bits per heavy atom. The van der Waals surface area contributed by atoms with Gasteiger partial charge in [-0.15, -0.1) is 21.5 Å². The molecule has 0 saturated heterocycles. The highest BCUT2D eigenvalue weighted by molar-refractivity contribution is 7.09. The third-order valence-electron chi connectivity index (χ3n) is 0.835. The Balaban J connectivity index is 2.30. The van der Waals surface area contributed by atoms with E-state index in [4.69, 9.17) is 4.74 Å². The maximum atomic E-state index is 5.09. The summed E-state index contributed by atoms with van der Waals surface area (Å²) >= 11 is 1.52. The van der Waals surface area contributed by atoms with Crippen LogP contribution in [0.5, 0.6) is 0 Å². The zero-order valence-electron chi connectivity index (χ0n) is 5.20. The Morgan fingerprint density at radius 2 is 2.67 bits per heavy atom. The average Bonchev–Trinajstić information content (AvgIpc) is 2.34. The quantitative estimate of drug-likeness (QED) is 0.636. The van der Waals surface area contributed by atoms with E-state index in [-0.39, 0.29) is 0 Å². The fraction of sp³-hybridized carbons (Fsp3) is 0.600. The van der Waals surface area contributed by atoms with Crippen molar-refractivity contribution in [3.63, 3.8) is 0 Å². The van der Waals surface area contributed by atoms with Crippen molar-refractivity contribution >= 4 is 11.3 Å². The normalized spacial score (nSPS) is 9.89. The molecule has 1 aromatic rings. The van der Waals surface area contributed by atoms with Gasteiger partial charge in [-0.05, 0) is 6.92 Å². The Labute approximate surface area is 57.7 Å². The number of hydrogen-bond acceptors (Lipinski definition) is 4. The first kappa shape index (κ1) is 6.64. The first-order valence-corrected chi connectivity index (χ1v) is 3.64. The van der Waals surface area contributed by atoms with E-state index in [0.717, 1.165) is 11.6 Å². The van der Waals surface area contributed by atoms with Crippen molar-refractivity contribution in [2.24, 2.45) is 0 Å². The highest BCUT2D eigenvalue weighted by Crippen LogP contribution is 2.01. The molecule has 0 radical (unpaired) electrons. The molecule has 9 heavy (non-hydrogen) atoms.